The lowest BCUT2D eigenvalue weighted by molar-refractivity contribution is -0.139. The van der Waals surface area contributed by atoms with E-state index >= 15 is 0 Å². The van der Waals surface area contributed by atoms with Crippen LogP contribution in [0.2, 0.25) is 5.02 Å². The van der Waals surface area contributed by atoms with Crippen molar-refractivity contribution in [2.75, 3.05) is 13.2 Å². The van der Waals surface area contributed by atoms with Gasteiger partial charge in [0.15, 0.2) is 18.1 Å². The maximum Gasteiger partial charge on any atom is 0.341 e. The van der Waals surface area contributed by atoms with E-state index in [-0.39, 0.29) is 0 Å². The summed E-state index contributed by atoms with van der Waals surface area (Å²) in [7, 11) is 0. The average molecular weight is 437 g/mol. The van der Waals surface area contributed by atoms with Gasteiger partial charge in [-0.1, -0.05) is 39.7 Å². The molecule has 0 heterocycles. The largest absolute Gasteiger partial charge is 0.490 e. The first-order chi connectivity index (χ1) is 12.4. The van der Waals surface area contributed by atoms with Crippen molar-refractivity contribution in [3.63, 3.8) is 0 Å². The molecule has 0 aliphatic carbocycles. The molecule has 26 heavy (non-hydrogen) atoms. The number of benzene rings is 2. The van der Waals surface area contributed by atoms with Gasteiger partial charge in [0.05, 0.1) is 18.2 Å². The molecule has 0 aliphatic rings. The summed E-state index contributed by atoms with van der Waals surface area (Å²) in [6, 6.07) is 12.4. The van der Waals surface area contributed by atoms with Gasteiger partial charge in [0, 0.05) is 9.50 Å². The standard InChI is InChI=1S/C19H15BrClNO4/c1-2-25-17-8-13(16(20)9-18(17)26-11-19(23)24)7-14(10-22)12-3-5-15(21)6-4-12/h3-9H,2,11H2,1H3,(H,23,24)/b14-7+. The van der Waals surface area contributed by atoms with Crippen LogP contribution < -0.4 is 9.47 Å². The van der Waals surface area contributed by atoms with E-state index in [2.05, 4.69) is 22.0 Å². The first-order valence-electron chi connectivity index (χ1n) is 7.63. The van der Waals surface area contributed by atoms with Crippen LogP contribution in [-0.2, 0) is 4.79 Å². The Morgan fingerprint density at radius 1 is 1.27 bits per heavy atom. The summed E-state index contributed by atoms with van der Waals surface area (Å²) in [6.45, 7) is 1.72. The predicted octanol–water partition coefficient (Wildman–Crippen LogP) is 5.03. The molecule has 0 atom stereocenters. The fraction of sp³-hybridized carbons (Fsp3) is 0.158. The van der Waals surface area contributed by atoms with E-state index in [1.807, 2.05) is 6.92 Å². The van der Waals surface area contributed by atoms with Crippen molar-refractivity contribution in [1.82, 2.24) is 0 Å². The van der Waals surface area contributed by atoms with Crippen molar-refractivity contribution in [3.05, 3.63) is 57.0 Å². The first kappa shape index (κ1) is 19.8. The number of rotatable bonds is 7. The number of carbonyl (C=O) groups is 1. The van der Waals surface area contributed by atoms with Crippen LogP contribution in [0.3, 0.4) is 0 Å². The van der Waals surface area contributed by atoms with Crippen molar-refractivity contribution >= 4 is 45.1 Å². The number of carboxylic acid groups (broad SMARTS) is 1. The van der Waals surface area contributed by atoms with Crippen molar-refractivity contribution in [2.45, 2.75) is 6.92 Å². The van der Waals surface area contributed by atoms with E-state index in [1.165, 1.54) is 0 Å². The number of nitrogens with zero attached hydrogens (tertiary/aromatic N) is 1. The highest BCUT2D eigenvalue weighted by Crippen LogP contribution is 2.35. The van der Waals surface area contributed by atoms with Gasteiger partial charge in [-0.15, -0.1) is 0 Å². The summed E-state index contributed by atoms with van der Waals surface area (Å²) in [5.41, 5.74) is 1.87. The number of ether oxygens (including phenoxy) is 2. The first-order valence-corrected chi connectivity index (χ1v) is 8.80. The molecule has 0 saturated heterocycles. The summed E-state index contributed by atoms with van der Waals surface area (Å²) in [4.78, 5) is 10.7. The van der Waals surface area contributed by atoms with Crippen LogP contribution in [0.5, 0.6) is 11.5 Å². The van der Waals surface area contributed by atoms with Gasteiger partial charge in [-0.05, 0) is 48.4 Å². The minimum Gasteiger partial charge on any atom is -0.490 e. The van der Waals surface area contributed by atoms with E-state index in [1.54, 1.807) is 42.5 Å². The maximum atomic E-state index is 10.7. The van der Waals surface area contributed by atoms with Crippen LogP contribution in [0, 0.1) is 11.3 Å². The monoisotopic (exact) mass is 435 g/mol. The molecule has 2 rings (SSSR count). The fourth-order valence-electron chi connectivity index (χ4n) is 2.15. The Balaban J connectivity index is 2.44. The molecule has 0 bridgehead atoms. The summed E-state index contributed by atoms with van der Waals surface area (Å²) in [6.07, 6.45) is 1.71. The zero-order valence-corrected chi connectivity index (χ0v) is 16.2. The van der Waals surface area contributed by atoms with Crippen molar-refractivity contribution in [3.8, 4) is 17.6 Å². The highest BCUT2D eigenvalue weighted by molar-refractivity contribution is 9.10. The molecule has 0 saturated carbocycles. The van der Waals surface area contributed by atoms with Crippen LogP contribution in [0.1, 0.15) is 18.1 Å². The SMILES string of the molecule is CCOc1cc(/C=C(\C#N)c2ccc(Cl)cc2)c(Br)cc1OCC(=O)O. The molecule has 0 amide bonds. The van der Waals surface area contributed by atoms with E-state index in [4.69, 9.17) is 26.2 Å². The number of nitriles is 1. The maximum absolute atomic E-state index is 10.7. The Morgan fingerprint density at radius 3 is 2.50 bits per heavy atom. The lowest BCUT2D eigenvalue weighted by Gasteiger charge is -2.13. The van der Waals surface area contributed by atoms with Gasteiger partial charge in [-0.2, -0.15) is 5.26 Å². The van der Waals surface area contributed by atoms with Crippen molar-refractivity contribution < 1.29 is 19.4 Å². The molecule has 0 aliphatic heterocycles. The topological polar surface area (TPSA) is 79.5 Å². The van der Waals surface area contributed by atoms with Gasteiger partial charge in [-0.25, -0.2) is 4.79 Å². The fourth-order valence-corrected chi connectivity index (χ4v) is 2.71. The molecule has 2 aromatic carbocycles. The number of allylic oxidation sites excluding steroid dienone is 1. The highest BCUT2D eigenvalue weighted by Gasteiger charge is 2.12. The number of hydrogen-bond donors (Lipinski definition) is 1. The Hall–Kier alpha value is -2.49. The molecule has 1 N–H and O–H groups in total. The molecule has 2 aromatic rings. The Labute approximate surface area is 164 Å². The summed E-state index contributed by atoms with van der Waals surface area (Å²) in [5, 5.41) is 18.9. The molecule has 0 aromatic heterocycles. The average Bonchev–Trinajstić information content (AvgIpc) is 2.61. The molecule has 5 nitrogen and oxygen atoms in total. The van der Waals surface area contributed by atoms with E-state index < -0.39 is 12.6 Å². The van der Waals surface area contributed by atoms with Crippen molar-refractivity contribution in [2.24, 2.45) is 0 Å². The second-order valence-electron chi connectivity index (χ2n) is 5.11. The third-order valence-corrected chi connectivity index (χ3v) is 4.23. The summed E-state index contributed by atoms with van der Waals surface area (Å²) >= 11 is 9.31. The van der Waals surface area contributed by atoms with Gasteiger partial charge >= 0.3 is 5.97 Å². The van der Waals surface area contributed by atoms with Gasteiger partial charge in [-0.3, -0.25) is 0 Å². The second-order valence-corrected chi connectivity index (χ2v) is 6.40. The zero-order chi connectivity index (χ0) is 19.1. The van der Waals surface area contributed by atoms with Crippen LogP contribution in [0.25, 0.3) is 11.6 Å². The molecule has 134 valence electrons. The zero-order valence-electron chi connectivity index (χ0n) is 13.8. The van der Waals surface area contributed by atoms with Crippen LogP contribution in [0.4, 0.5) is 0 Å². The molecule has 7 heteroatoms. The Morgan fingerprint density at radius 2 is 1.92 bits per heavy atom. The minimum atomic E-state index is -1.08. The number of hydrogen-bond acceptors (Lipinski definition) is 4. The smallest absolute Gasteiger partial charge is 0.341 e. The lowest BCUT2D eigenvalue weighted by Crippen LogP contribution is -2.10. The lowest BCUT2D eigenvalue weighted by atomic mass is 10.0. The van der Waals surface area contributed by atoms with Crippen molar-refractivity contribution in [1.29, 1.82) is 5.26 Å². The van der Waals surface area contributed by atoms with Crippen LogP contribution >= 0.6 is 27.5 Å². The molecule has 0 fully saturated rings. The summed E-state index contributed by atoms with van der Waals surface area (Å²) in [5.74, 6) is -0.373. The third-order valence-electron chi connectivity index (χ3n) is 3.29. The quantitative estimate of drug-likeness (QED) is 0.486. The Bertz CT molecular complexity index is 872. The predicted molar refractivity (Wildman–Crippen MR) is 103 cm³/mol. The summed E-state index contributed by atoms with van der Waals surface area (Å²) < 4.78 is 11.4. The molecule has 0 spiro atoms. The number of carboxylic acids is 1. The Kier molecular flexibility index (Phi) is 7.07. The number of aliphatic carboxylic acids is 1. The van der Waals surface area contributed by atoms with Gasteiger partial charge in [0.2, 0.25) is 0 Å². The molecule has 0 radical (unpaired) electrons. The van der Waals surface area contributed by atoms with Crippen LogP contribution in [0.15, 0.2) is 40.9 Å². The van der Waals surface area contributed by atoms with E-state index in [0.29, 0.717) is 38.7 Å². The van der Waals surface area contributed by atoms with Gasteiger partial charge < -0.3 is 14.6 Å². The molecular weight excluding hydrogens is 422 g/mol. The van der Waals surface area contributed by atoms with E-state index in [0.717, 1.165) is 5.56 Å². The minimum absolute atomic E-state index is 0.309. The van der Waals surface area contributed by atoms with Crippen LogP contribution in [-0.4, -0.2) is 24.3 Å². The molecule has 0 unspecified atom stereocenters. The third kappa shape index (κ3) is 5.25. The molecular formula is C19H15BrClNO4. The van der Waals surface area contributed by atoms with E-state index in [9.17, 15) is 10.1 Å². The second kappa shape index (κ2) is 9.27. The van der Waals surface area contributed by atoms with Gasteiger partial charge in [0.1, 0.15) is 0 Å². The van der Waals surface area contributed by atoms with Gasteiger partial charge in [0.25, 0.3) is 0 Å². The number of halogens is 2. The highest BCUT2D eigenvalue weighted by atomic mass is 79.9. The normalized spacial score (nSPS) is 10.9.